The first kappa shape index (κ1) is 25.4. The van der Waals surface area contributed by atoms with Crippen LogP contribution in [0.5, 0.6) is 0 Å². The van der Waals surface area contributed by atoms with Crippen molar-refractivity contribution < 1.29 is 18.4 Å². The molecule has 2 heterocycles. The summed E-state index contributed by atoms with van der Waals surface area (Å²) in [5, 5.41) is 7.49. The van der Waals surface area contributed by atoms with Gasteiger partial charge in [-0.15, -0.1) is 0 Å². The van der Waals surface area contributed by atoms with Crippen molar-refractivity contribution in [1.29, 1.82) is 0 Å². The third-order valence-corrected chi connectivity index (χ3v) is 7.53. The average molecular weight is 537 g/mol. The first-order valence-electron chi connectivity index (χ1n) is 13.0. The lowest BCUT2D eigenvalue weighted by atomic mass is 9.97. The quantitative estimate of drug-likeness (QED) is 0.262. The summed E-state index contributed by atoms with van der Waals surface area (Å²) in [5.74, 6) is -2.03. The van der Waals surface area contributed by atoms with Crippen LogP contribution in [0.3, 0.4) is 0 Å². The summed E-state index contributed by atoms with van der Waals surface area (Å²) < 4.78 is 29.8. The van der Waals surface area contributed by atoms with Crippen LogP contribution in [-0.2, 0) is 12.0 Å². The Morgan fingerprint density at radius 2 is 1.70 bits per heavy atom. The zero-order valence-electron chi connectivity index (χ0n) is 21.7. The van der Waals surface area contributed by atoms with Gasteiger partial charge in [-0.05, 0) is 77.9 Å². The van der Waals surface area contributed by atoms with Gasteiger partial charge in [0.2, 0.25) is 5.95 Å². The van der Waals surface area contributed by atoms with Gasteiger partial charge in [0, 0.05) is 18.1 Å². The lowest BCUT2D eigenvalue weighted by Crippen LogP contribution is -2.34. The van der Waals surface area contributed by atoms with E-state index in [4.69, 9.17) is 5.73 Å². The highest BCUT2D eigenvalue weighted by Crippen LogP contribution is 2.45. The molecule has 6 nitrogen and oxygen atoms in total. The maximum absolute atomic E-state index is 15.4. The van der Waals surface area contributed by atoms with Crippen molar-refractivity contribution in [2.45, 2.75) is 31.7 Å². The van der Waals surface area contributed by atoms with Gasteiger partial charge in [-0.3, -0.25) is 9.59 Å². The van der Waals surface area contributed by atoms with Crippen LogP contribution >= 0.6 is 0 Å². The van der Waals surface area contributed by atoms with Gasteiger partial charge >= 0.3 is 0 Å². The van der Waals surface area contributed by atoms with Crippen molar-refractivity contribution in [2.24, 2.45) is 5.73 Å². The number of primary amides is 1. The zero-order chi connectivity index (χ0) is 28.0. The molecule has 40 heavy (non-hydrogen) atoms. The molecule has 0 spiro atoms. The number of carbonyl (C=O) groups excluding carboxylic acids is 2. The molecule has 0 radical (unpaired) electrons. The predicted octanol–water partition coefficient (Wildman–Crippen LogP) is 5.70. The summed E-state index contributed by atoms with van der Waals surface area (Å²) in [4.78, 5) is 25.8. The van der Waals surface area contributed by atoms with Gasteiger partial charge < -0.3 is 11.1 Å². The van der Waals surface area contributed by atoms with Crippen molar-refractivity contribution in [3.63, 3.8) is 0 Å². The number of nitrogens with zero attached hydrogens (tertiary/aromatic N) is 2. The normalized spacial score (nSPS) is 13.8. The molecule has 0 atom stereocenters. The minimum absolute atomic E-state index is 0.0927. The second-order valence-electron chi connectivity index (χ2n) is 10.3. The molecular weight excluding hydrogens is 510 g/mol. The molecule has 200 valence electrons. The van der Waals surface area contributed by atoms with Crippen LogP contribution in [0.2, 0.25) is 0 Å². The molecule has 5 aromatic rings. The third kappa shape index (κ3) is 4.62. The van der Waals surface area contributed by atoms with E-state index in [9.17, 15) is 14.0 Å². The Bertz CT molecular complexity index is 1780. The minimum Gasteiger partial charge on any atom is -0.365 e. The number of fused-ring (bicyclic) bond motifs is 1. The van der Waals surface area contributed by atoms with E-state index in [1.54, 1.807) is 30.3 Å². The van der Waals surface area contributed by atoms with E-state index < -0.39 is 11.9 Å². The Balaban J connectivity index is 1.37. The molecule has 0 aliphatic heterocycles. The van der Waals surface area contributed by atoms with Crippen LogP contribution < -0.4 is 11.1 Å². The first-order chi connectivity index (χ1) is 19.2. The van der Waals surface area contributed by atoms with Gasteiger partial charge in [-0.25, -0.2) is 8.91 Å². The summed E-state index contributed by atoms with van der Waals surface area (Å²) in [6.07, 6.45) is 1.90. The number of aromatic nitrogens is 2. The first-order valence-corrected chi connectivity index (χ1v) is 13.0. The van der Waals surface area contributed by atoms with Gasteiger partial charge in [-0.1, -0.05) is 48.5 Å². The highest BCUT2D eigenvalue weighted by Gasteiger charge is 2.45. The van der Waals surface area contributed by atoms with Crippen molar-refractivity contribution in [2.75, 3.05) is 0 Å². The molecule has 0 unspecified atom stereocenters. The van der Waals surface area contributed by atoms with Gasteiger partial charge in [-0.2, -0.15) is 9.49 Å². The van der Waals surface area contributed by atoms with Crippen LogP contribution in [0.1, 0.15) is 55.9 Å². The Morgan fingerprint density at radius 3 is 2.38 bits per heavy atom. The van der Waals surface area contributed by atoms with E-state index in [0.29, 0.717) is 22.3 Å². The highest BCUT2D eigenvalue weighted by atomic mass is 19.1. The Hall–Kier alpha value is -4.85. The number of nitrogens with two attached hydrogens (primary N) is 1. The summed E-state index contributed by atoms with van der Waals surface area (Å²) >= 11 is 0. The van der Waals surface area contributed by atoms with E-state index in [1.165, 1.54) is 18.2 Å². The molecule has 1 saturated carbocycles. The molecule has 1 aliphatic rings. The van der Waals surface area contributed by atoms with Crippen LogP contribution in [0, 0.1) is 18.7 Å². The van der Waals surface area contributed by atoms with E-state index in [1.807, 2.05) is 43.3 Å². The standard InChI is InChI=1S/C32H26F2N4O2/c1-19-7-10-21(31(40)36-32(13-14-32)23-5-3-2-4-6-23)16-25(19)22-17-27-29(30(35)39)26(37-38(27)28(34)18-22)15-20-8-11-24(33)12-9-20/h2-12,16-18H,13-15H2,1H3,(H2,35,39)(H,36,40). The fourth-order valence-corrected chi connectivity index (χ4v) is 5.23. The number of pyridine rings is 1. The SMILES string of the molecule is Cc1ccc(C(=O)NC2(c3ccccc3)CC2)cc1-c1cc(F)n2nc(Cc3ccc(F)cc3)c(C(N)=O)c2c1. The summed E-state index contributed by atoms with van der Waals surface area (Å²) in [6, 6.07) is 23.9. The molecule has 6 rings (SSSR count). The van der Waals surface area contributed by atoms with Crippen LogP contribution in [0.4, 0.5) is 8.78 Å². The monoisotopic (exact) mass is 536 g/mol. The van der Waals surface area contributed by atoms with Gasteiger partial charge in [0.1, 0.15) is 5.82 Å². The lowest BCUT2D eigenvalue weighted by Gasteiger charge is -2.18. The molecule has 3 aromatic carbocycles. The maximum atomic E-state index is 15.4. The molecule has 1 fully saturated rings. The number of carbonyl (C=O) groups is 2. The number of hydrogen-bond donors (Lipinski definition) is 2. The summed E-state index contributed by atoms with van der Waals surface area (Å²) in [7, 11) is 0. The van der Waals surface area contributed by atoms with E-state index in [0.717, 1.165) is 28.5 Å². The second-order valence-corrected chi connectivity index (χ2v) is 10.3. The third-order valence-electron chi connectivity index (χ3n) is 7.53. The van der Waals surface area contributed by atoms with Gasteiger partial charge in [0.05, 0.1) is 22.3 Å². The Kier molecular flexibility index (Phi) is 6.18. The van der Waals surface area contributed by atoms with Crippen LogP contribution in [-0.4, -0.2) is 21.4 Å². The lowest BCUT2D eigenvalue weighted by molar-refractivity contribution is 0.0930. The minimum atomic E-state index is -0.746. The number of halogens is 2. The largest absolute Gasteiger partial charge is 0.365 e. The molecule has 3 N–H and O–H groups in total. The average Bonchev–Trinajstić information content (AvgIpc) is 3.63. The van der Waals surface area contributed by atoms with Crippen molar-refractivity contribution in [3.8, 4) is 11.1 Å². The summed E-state index contributed by atoms with van der Waals surface area (Å²) in [6.45, 7) is 1.87. The Labute approximate surface area is 229 Å². The van der Waals surface area contributed by atoms with Crippen LogP contribution in [0.25, 0.3) is 16.6 Å². The predicted molar refractivity (Wildman–Crippen MR) is 148 cm³/mol. The van der Waals surface area contributed by atoms with Gasteiger partial charge in [0.15, 0.2) is 0 Å². The van der Waals surface area contributed by atoms with Crippen molar-refractivity contribution in [1.82, 2.24) is 14.9 Å². The molecular formula is C32H26F2N4O2. The number of amides is 2. The highest BCUT2D eigenvalue weighted by molar-refractivity contribution is 6.02. The molecule has 1 aliphatic carbocycles. The number of rotatable bonds is 7. The van der Waals surface area contributed by atoms with Crippen molar-refractivity contribution >= 4 is 17.3 Å². The number of aryl methyl sites for hydroxylation is 1. The molecule has 2 amide bonds. The maximum Gasteiger partial charge on any atom is 0.252 e. The van der Waals surface area contributed by atoms with E-state index in [-0.39, 0.29) is 40.5 Å². The molecule has 0 saturated heterocycles. The number of hydrogen-bond acceptors (Lipinski definition) is 3. The molecule has 2 aromatic heterocycles. The molecule has 0 bridgehead atoms. The van der Waals surface area contributed by atoms with E-state index >= 15 is 4.39 Å². The fraction of sp³-hybridized carbons (Fsp3) is 0.156. The van der Waals surface area contributed by atoms with E-state index in [2.05, 4.69) is 10.4 Å². The van der Waals surface area contributed by atoms with Gasteiger partial charge in [0.25, 0.3) is 11.8 Å². The topological polar surface area (TPSA) is 89.5 Å². The number of benzene rings is 3. The summed E-state index contributed by atoms with van der Waals surface area (Å²) in [5.41, 5.74) is 10.1. The zero-order valence-corrected chi connectivity index (χ0v) is 21.7. The smallest absolute Gasteiger partial charge is 0.252 e. The fourth-order valence-electron chi connectivity index (χ4n) is 5.23. The van der Waals surface area contributed by atoms with Crippen molar-refractivity contribution in [3.05, 3.63) is 130 Å². The molecule has 8 heteroatoms. The second kappa shape index (κ2) is 9.72. The van der Waals surface area contributed by atoms with Crippen LogP contribution in [0.15, 0.2) is 84.9 Å². The Morgan fingerprint density at radius 1 is 0.975 bits per heavy atom. The number of nitrogens with one attached hydrogen (secondary N) is 1.